The minimum atomic E-state index is -1.77. The number of carbonyl (C=O) groups excluding carboxylic acids is 10. The molecule has 1 fully saturated rings. The SMILES string of the molecule is CCCC(=O)OCN(C(=O)C(NC(=O)[C@H]1CCCCN1C)[C@@H](C)CC)[C@H](C[C@@H](C)c1nc(C(=O)N[C@@H](Cc2ccc(O)cc2)C[C@H](C)C(=O)NNC(=O)OCCSSC[C@@H](CC(=O)[C@@H](CC(=O)O)NC(=O)[C@@H](CCCNC(=N)N)CC(=O)CC[C@@H](NC(=O)c2ccc(NCc3cnc4nc(N)[nH]c(=O)c4n3)cc2)C(=O)O)C(=O)O)cs1)C(C)C.[2HH].[2HH].[2HH].[2HH]. The monoisotopic (exact) mass is 1730 g/mol. The number of aliphatic carboxylic acids is 3. The normalized spacial score (nSPS) is 15.3. The van der Waals surface area contributed by atoms with Gasteiger partial charge in [0.05, 0.1) is 47.9 Å². The van der Waals surface area contributed by atoms with Crippen molar-refractivity contribution in [2.45, 2.75) is 200 Å². The van der Waals surface area contributed by atoms with Crippen LogP contribution in [0.25, 0.3) is 11.2 Å². The Morgan fingerprint density at radius 3 is 2.18 bits per heavy atom. The van der Waals surface area contributed by atoms with E-state index in [4.69, 9.17) is 31.3 Å². The summed E-state index contributed by atoms with van der Waals surface area (Å²) in [7, 11) is 3.94. The lowest BCUT2D eigenvalue weighted by atomic mass is 9.90. The summed E-state index contributed by atoms with van der Waals surface area (Å²) in [6.07, 6.45) is 1.60. The topological polar surface area (TPSA) is 584 Å². The number of aromatic nitrogens is 5. The van der Waals surface area contributed by atoms with Gasteiger partial charge in [0.1, 0.15) is 35.9 Å². The summed E-state index contributed by atoms with van der Waals surface area (Å²) >= 11 is 1.25. The summed E-state index contributed by atoms with van der Waals surface area (Å²) in [4.78, 5) is 209. The number of carboxylic acids is 3. The number of hydrogen-bond donors (Lipinski definition) is 16. The standard InChI is InChI=1S/C78H110N18O20S3.4H2/c1-9-14-62(102)116-41-96(73(109)63(43(5)10-2)90-70(107)58-16-11-12-28-95(58)8)59(42(3)4)32-45(7)72-89-57(40-117-72)69(106)86-51(33-46-17-23-53(97)24-18-46)31-44(6)66(103)93-94-78(114)115-29-30-118-119-39-49(74(110)111)35-60(99)56(36-61(100)101)88-68(105)48(15-13-27-82-76(79)80)34-54(98)25-26-55(75(112)113)87-67(104)47-19-21-50(22-20-47)83-37-52-38-84-65-64(85-52)71(108)92-77(81)91-65;;;;/h17-24,38,40,42-45,48-49,51,55-56,58-59,63,83,97H,9-16,25-37,39,41H2,1-8H3,(H,86,106)(H,87,104)(H,88,105)(H,90,107)(H,93,103)(H,94,114)(H,100,101)(H,110,111)(H,112,113)(H4,79,80,82)(H3,81,84,91,92,108);4*1H/t43-,44-,45+,48-,49+,51+,55+,56+,58+,59+,63?;;;;/m0..../s1/i;4*1+1. The van der Waals surface area contributed by atoms with Crippen LogP contribution in [-0.4, -0.2) is 219 Å². The highest BCUT2D eigenvalue weighted by atomic mass is 33.1. The van der Waals surface area contributed by atoms with E-state index in [9.17, 15) is 87.5 Å². The molecule has 11 atom stereocenters. The van der Waals surface area contributed by atoms with Crippen molar-refractivity contribution in [1.29, 1.82) is 5.41 Å². The van der Waals surface area contributed by atoms with Gasteiger partial charge in [0.15, 0.2) is 29.6 Å². The number of aromatic hydroxyl groups is 1. The summed E-state index contributed by atoms with van der Waals surface area (Å²) in [5.74, 6) is -15.0. The number of benzene rings is 2. The Kier molecular flexibility index (Phi) is 39.6. The molecule has 5 aromatic rings. The van der Waals surface area contributed by atoms with Crippen LogP contribution in [0.15, 0.2) is 64.9 Å². The number of likely N-dealkylation sites (N-methyl/N-ethyl adjacent to an activating group) is 1. The Labute approximate surface area is 705 Å². The molecule has 0 bridgehead atoms. The maximum Gasteiger partial charge on any atom is 0.426 e. The van der Waals surface area contributed by atoms with E-state index < -0.39 is 163 Å². The number of nitrogens with one attached hydrogen (secondary N) is 10. The predicted molar refractivity (Wildman–Crippen MR) is 452 cm³/mol. The van der Waals surface area contributed by atoms with Crippen LogP contribution in [0.1, 0.15) is 194 Å². The number of esters is 1. The van der Waals surface area contributed by atoms with Gasteiger partial charge in [-0.15, -0.1) is 11.3 Å². The number of hydrogen-bond acceptors (Lipinski definition) is 28. The number of ether oxygens (including phenoxy) is 2. The minimum Gasteiger partial charge on any atom is -0.508 e. The van der Waals surface area contributed by atoms with E-state index in [1.807, 2.05) is 53.5 Å². The zero-order chi connectivity index (χ0) is 87.6. The number of nitrogens with two attached hydrogens (primary N) is 2. The number of guanidine groups is 1. The van der Waals surface area contributed by atoms with Crippen molar-refractivity contribution in [3.63, 3.8) is 0 Å². The van der Waals surface area contributed by atoms with Gasteiger partial charge in [-0.3, -0.25) is 78.3 Å². The lowest BCUT2D eigenvalue weighted by Gasteiger charge is -2.39. The van der Waals surface area contributed by atoms with Crippen molar-refractivity contribution < 1.29 is 97.9 Å². The van der Waals surface area contributed by atoms with Gasteiger partial charge >= 0.3 is 30.0 Å². The number of anilines is 2. The number of thiazole rings is 1. The number of likely N-dealkylation sites (tertiary alicyclic amines) is 1. The molecule has 0 saturated carbocycles. The van der Waals surface area contributed by atoms with E-state index in [0.717, 1.165) is 41.0 Å². The Morgan fingerprint density at radius 1 is 0.798 bits per heavy atom. The van der Waals surface area contributed by atoms with Crippen LogP contribution in [-0.2, 0) is 70.4 Å². The number of fused-ring (bicyclic) bond motifs is 1. The third kappa shape index (κ3) is 32.3. The third-order valence-electron chi connectivity index (χ3n) is 20.0. The number of aromatic amines is 1. The summed E-state index contributed by atoms with van der Waals surface area (Å²) in [6.45, 7) is 13.4. The smallest absolute Gasteiger partial charge is 0.426 e. The molecule has 1 saturated heterocycles. The Balaban J connectivity index is 0.0000128. The van der Waals surface area contributed by atoms with Crippen LogP contribution < -0.4 is 59.8 Å². The van der Waals surface area contributed by atoms with Gasteiger partial charge in [0.25, 0.3) is 17.4 Å². The van der Waals surface area contributed by atoms with Gasteiger partial charge in [-0.25, -0.2) is 30.0 Å². The molecule has 1 aliphatic rings. The summed E-state index contributed by atoms with van der Waals surface area (Å²) in [5, 5.41) is 66.2. The molecule has 18 N–H and O–H groups in total. The maximum absolute atomic E-state index is 14.9. The Morgan fingerprint density at radius 2 is 1.52 bits per heavy atom. The lowest BCUT2D eigenvalue weighted by Crippen LogP contribution is -2.59. The van der Waals surface area contributed by atoms with Crippen molar-refractivity contribution in [1.82, 2.24) is 72.2 Å². The minimum absolute atomic E-state index is 0. The number of hydrazine groups is 1. The van der Waals surface area contributed by atoms with Crippen LogP contribution in [0.3, 0.4) is 0 Å². The number of phenolic OH excluding ortho intramolecular Hbond substituents is 1. The fraction of sp³-hybridized carbons (Fsp3) is 0.551. The highest BCUT2D eigenvalue weighted by Gasteiger charge is 2.40. The number of phenols is 1. The lowest BCUT2D eigenvalue weighted by molar-refractivity contribution is -0.159. The number of nitrogens with zero attached hydrogens (tertiary/aromatic N) is 6. The van der Waals surface area contributed by atoms with Crippen LogP contribution in [0.5, 0.6) is 5.75 Å². The number of Topliss-reactive ketones (excluding diaryl/α,β-unsaturated/α-hetero) is 2. The second-order valence-electron chi connectivity index (χ2n) is 29.7. The van der Waals surface area contributed by atoms with E-state index in [1.54, 1.807) is 29.3 Å². The molecule has 38 nitrogen and oxygen atoms in total. The van der Waals surface area contributed by atoms with Crippen molar-refractivity contribution in [3.8, 4) is 5.75 Å². The van der Waals surface area contributed by atoms with Crippen molar-refractivity contribution >= 4 is 139 Å². The summed E-state index contributed by atoms with van der Waals surface area (Å²) in [5.41, 5.74) is 16.7. The molecule has 1 aliphatic heterocycles. The Bertz CT molecular complexity index is 4410. The number of piperidine rings is 1. The molecule has 41 heteroatoms. The summed E-state index contributed by atoms with van der Waals surface area (Å²) < 4.78 is 10.9. The zero-order valence-electron chi connectivity index (χ0n) is 67.8. The van der Waals surface area contributed by atoms with E-state index in [1.165, 1.54) is 53.9 Å². The quantitative estimate of drug-likeness (QED) is 0.00384. The second-order valence-corrected chi connectivity index (χ2v) is 33.2. The number of carbonyl (C=O) groups is 13. The first-order valence-electron chi connectivity index (χ1n) is 39.3. The molecular weight excluding hydrogens is 1610 g/mol. The second kappa shape index (κ2) is 48.7. The average Bonchev–Trinajstić information content (AvgIpc) is 1.41. The molecule has 6 rings (SSSR count). The average molecular weight is 1730 g/mol. The van der Waals surface area contributed by atoms with E-state index in [0.29, 0.717) is 47.6 Å². The number of ketones is 2. The fourth-order valence-electron chi connectivity index (χ4n) is 13.0. The van der Waals surface area contributed by atoms with Gasteiger partial charge < -0.3 is 78.2 Å². The largest absolute Gasteiger partial charge is 0.508 e. The third-order valence-corrected chi connectivity index (χ3v) is 23.5. The number of H-pyrrole nitrogens is 1. The highest BCUT2D eigenvalue weighted by Crippen LogP contribution is 2.32. The van der Waals surface area contributed by atoms with E-state index in [2.05, 4.69) is 62.7 Å². The van der Waals surface area contributed by atoms with Crippen LogP contribution in [0, 0.1) is 35.0 Å². The molecule has 0 radical (unpaired) electrons. The molecule has 658 valence electrons. The van der Waals surface area contributed by atoms with Gasteiger partial charge in [-0.1, -0.05) is 95.0 Å². The number of nitrogen functional groups attached to an aromatic ring is 1. The van der Waals surface area contributed by atoms with Crippen LogP contribution >= 0.6 is 32.9 Å². The first kappa shape index (κ1) is 96.8. The summed E-state index contributed by atoms with van der Waals surface area (Å²) in [6, 6.07) is 6.29. The first-order valence-corrected chi connectivity index (χ1v) is 42.7. The number of amides is 7. The fourth-order valence-corrected chi connectivity index (χ4v) is 16.0. The maximum atomic E-state index is 14.9. The molecule has 119 heavy (non-hydrogen) atoms. The molecular formula is C78H118N18O20S3. The highest BCUT2D eigenvalue weighted by molar-refractivity contribution is 8.76. The van der Waals surface area contributed by atoms with E-state index in [-0.39, 0.29) is 139 Å². The van der Waals surface area contributed by atoms with Gasteiger partial charge in [0.2, 0.25) is 29.6 Å². The van der Waals surface area contributed by atoms with Crippen molar-refractivity contribution in [2.75, 3.05) is 56.0 Å². The van der Waals surface area contributed by atoms with Gasteiger partial charge in [0, 0.05) is 95.9 Å². The number of rotatable bonds is 50. The number of carboxylic acid groups (broad SMARTS) is 3. The molecule has 3 aromatic heterocycles. The van der Waals surface area contributed by atoms with Crippen LogP contribution in [0.4, 0.5) is 16.4 Å². The molecule has 7 amide bonds. The van der Waals surface area contributed by atoms with Gasteiger partial charge in [-0.05, 0) is 125 Å². The van der Waals surface area contributed by atoms with Crippen molar-refractivity contribution in [3.05, 3.63) is 98.0 Å². The van der Waals surface area contributed by atoms with Crippen molar-refractivity contribution in [2.24, 2.45) is 35.3 Å². The van der Waals surface area contributed by atoms with E-state index >= 15 is 0 Å². The molecule has 0 spiro atoms. The predicted octanol–water partition coefficient (Wildman–Crippen LogP) is 6.34. The van der Waals surface area contributed by atoms with Crippen LogP contribution in [0.2, 0.25) is 0 Å². The first-order chi connectivity index (χ1) is 56.5. The van der Waals surface area contributed by atoms with Gasteiger partial charge in [-0.2, -0.15) is 4.98 Å². The zero-order valence-corrected chi connectivity index (χ0v) is 70.3. The molecule has 2 aromatic carbocycles. The molecule has 1 unspecified atom stereocenters. The molecule has 0 aliphatic carbocycles. The molecule has 4 heterocycles. The Hall–Kier alpha value is -11.1.